The molecule has 0 spiro atoms. The molecule has 2 aromatic carbocycles. The van der Waals surface area contributed by atoms with Gasteiger partial charge in [0.15, 0.2) is 0 Å². The molecule has 7 heteroatoms. The van der Waals surface area contributed by atoms with Crippen molar-refractivity contribution >= 4 is 35.2 Å². The van der Waals surface area contributed by atoms with Gasteiger partial charge < -0.3 is 10.2 Å². The van der Waals surface area contributed by atoms with Crippen molar-refractivity contribution in [1.29, 1.82) is 0 Å². The summed E-state index contributed by atoms with van der Waals surface area (Å²) >= 11 is 7.40. The molecule has 1 atom stereocenters. The van der Waals surface area contributed by atoms with Gasteiger partial charge in [-0.05, 0) is 37.3 Å². The molecule has 1 N–H and O–H groups in total. The Balaban J connectivity index is 2.04. The first-order valence-electron chi connectivity index (χ1n) is 8.55. The molecule has 2 rings (SSSR count). The van der Waals surface area contributed by atoms with Crippen LogP contribution in [0.1, 0.15) is 18.9 Å². The van der Waals surface area contributed by atoms with E-state index in [9.17, 15) is 14.0 Å². The van der Waals surface area contributed by atoms with Gasteiger partial charge in [0.1, 0.15) is 11.9 Å². The maximum absolute atomic E-state index is 14.0. The number of carbonyl (C=O) groups excluding carboxylic acids is 2. The summed E-state index contributed by atoms with van der Waals surface area (Å²) in [5.41, 5.74) is 0.381. The Bertz CT molecular complexity index is 786. The van der Waals surface area contributed by atoms with E-state index >= 15 is 0 Å². The Labute approximate surface area is 168 Å². The molecule has 0 aromatic heterocycles. The van der Waals surface area contributed by atoms with E-state index in [-0.39, 0.29) is 24.8 Å². The molecule has 0 radical (unpaired) electrons. The van der Waals surface area contributed by atoms with Crippen LogP contribution in [0, 0.1) is 5.82 Å². The zero-order valence-corrected chi connectivity index (χ0v) is 16.8. The lowest BCUT2D eigenvalue weighted by Crippen LogP contribution is -2.46. The van der Waals surface area contributed by atoms with E-state index in [0.29, 0.717) is 16.3 Å². The van der Waals surface area contributed by atoms with Crippen LogP contribution < -0.4 is 5.32 Å². The quantitative estimate of drug-likeness (QED) is 0.668. The second-order valence-corrected chi connectivity index (χ2v) is 7.56. The Kier molecular flexibility index (Phi) is 8.13. The number of thioether (sulfide) groups is 1. The molecular formula is C20H22ClFN2O2S. The molecule has 2 amide bonds. The summed E-state index contributed by atoms with van der Waals surface area (Å²) in [7, 11) is 1.51. The van der Waals surface area contributed by atoms with Crippen LogP contribution in [-0.2, 0) is 16.1 Å². The average molecular weight is 409 g/mol. The van der Waals surface area contributed by atoms with Gasteiger partial charge in [-0.15, -0.1) is 11.8 Å². The topological polar surface area (TPSA) is 49.4 Å². The Morgan fingerprint density at radius 3 is 2.48 bits per heavy atom. The minimum atomic E-state index is -0.692. The van der Waals surface area contributed by atoms with Gasteiger partial charge in [-0.1, -0.05) is 29.8 Å². The van der Waals surface area contributed by atoms with Gasteiger partial charge in [0.05, 0.1) is 0 Å². The number of carbonyl (C=O) groups is 2. The number of benzene rings is 2. The van der Waals surface area contributed by atoms with E-state index in [1.807, 2.05) is 12.1 Å². The third kappa shape index (κ3) is 6.26. The SMILES string of the molecule is CNC(=O)[C@H](C)N(Cc1ccccc1F)C(=O)CCSc1ccc(Cl)cc1. The van der Waals surface area contributed by atoms with Crippen LogP contribution in [0.3, 0.4) is 0 Å². The van der Waals surface area contributed by atoms with E-state index in [4.69, 9.17) is 11.6 Å². The van der Waals surface area contributed by atoms with Gasteiger partial charge in [0, 0.05) is 41.2 Å². The fourth-order valence-corrected chi connectivity index (χ4v) is 3.50. The van der Waals surface area contributed by atoms with Crippen LogP contribution in [0.5, 0.6) is 0 Å². The van der Waals surface area contributed by atoms with Crippen molar-refractivity contribution in [2.75, 3.05) is 12.8 Å². The highest BCUT2D eigenvalue weighted by Crippen LogP contribution is 2.22. The highest BCUT2D eigenvalue weighted by molar-refractivity contribution is 7.99. The highest BCUT2D eigenvalue weighted by atomic mass is 35.5. The number of halogens is 2. The Morgan fingerprint density at radius 1 is 1.19 bits per heavy atom. The van der Waals surface area contributed by atoms with Crippen LogP contribution in [-0.4, -0.2) is 35.6 Å². The fraction of sp³-hybridized carbons (Fsp3) is 0.300. The Morgan fingerprint density at radius 2 is 1.85 bits per heavy atom. The van der Waals surface area contributed by atoms with Crippen molar-refractivity contribution in [1.82, 2.24) is 10.2 Å². The molecular weight excluding hydrogens is 387 g/mol. The second kappa shape index (κ2) is 10.3. The molecule has 0 bridgehead atoms. The molecule has 0 heterocycles. The largest absolute Gasteiger partial charge is 0.357 e. The summed E-state index contributed by atoms with van der Waals surface area (Å²) < 4.78 is 14.0. The van der Waals surface area contributed by atoms with Gasteiger partial charge in [0.2, 0.25) is 11.8 Å². The minimum absolute atomic E-state index is 0.0473. The lowest BCUT2D eigenvalue weighted by Gasteiger charge is -2.28. The molecule has 0 aliphatic heterocycles. The summed E-state index contributed by atoms with van der Waals surface area (Å²) in [5.74, 6) is -0.329. The standard InChI is InChI=1S/C20H22ClFN2O2S/c1-14(20(26)23-2)24(13-15-5-3-4-6-18(15)22)19(25)11-12-27-17-9-7-16(21)8-10-17/h3-10,14H,11-13H2,1-2H3,(H,23,26)/t14-/m0/s1. The average Bonchev–Trinajstić information content (AvgIpc) is 2.67. The third-order valence-corrected chi connectivity index (χ3v) is 5.38. The maximum Gasteiger partial charge on any atom is 0.242 e. The number of nitrogens with zero attached hydrogens (tertiary/aromatic N) is 1. The van der Waals surface area contributed by atoms with Gasteiger partial charge in [0.25, 0.3) is 0 Å². The molecule has 0 saturated carbocycles. The van der Waals surface area contributed by atoms with E-state index in [1.165, 1.54) is 29.8 Å². The maximum atomic E-state index is 14.0. The van der Waals surface area contributed by atoms with Crippen molar-refractivity contribution in [3.05, 3.63) is 64.9 Å². The van der Waals surface area contributed by atoms with E-state index < -0.39 is 11.9 Å². The summed E-state index contributed by atoms with van der Waals surface area (Å²) in [5, 5.41) is 3.20. The van der Waals surface area contributed by atoms with Gasteiger partial charge >= 0.3 is 0 Å². The monoisotopic (exact) mass is 408 g/mol. The summed E-state index contributed by atoms with van der Waals surface area (Å²) in [6.07, 6.45) is 0.239. The molecule has 0 unspecified atom stereocenters. The van der Waals surface area contributed by atoms with E-state index in [0.717, 1.165) is 4.90 Å². The lowest BCUT2D eigenvalue weighted by molar-refractivity contribution is -0.140. The molecule has 0 saturated heterocycles. The summed E-state index contributed by atoms with van der Waals surface area (Å²) in [4.78, 5) is 27.2. The Hall–Kier alpha value is -2.05. The lowest BCUT2D eigenvalue weighted by atomic mass is 10.1. The first-order valence-corrected chi connectivity index (χ1v) is 9.91. The van der Waals surface area contributed by atoms with Gasteiger partial charge in [-0.3, -0.25) is 9.59 Å². The number of likely N-dealkylation sites (N-methyl/N-ethyl adjacent to an activating group) is 1. The number of amides is 2. The predicted octanol–water partition coefficient (Wildman–Crippen LogP) is 4.12. The van der Waals surface area contributed by atoms with Crippen LogP contribution in [0.25, 0.3) is 0 Å². The molecule has 0 fully saturated rings. The van der Waals surface area contributed by atoms with Crippen LogP contribution in [0.2, 0.25) is 5.02 Å². The van der Waals surface area contributed by atoms with Crippen LogP contribution in [0.4, 0.5) is 4.39 Å². The van der Waals surface area contributed by atoms with Crippen LogP contribution in [0.15, 0.2) is 53.4 Å². The summed E-state index contributed by atoms with van der Waals surface area (Å²) in [6.45, 7) is 1.69. The van der Waals surface area contributed by atoms with Crippen LogP contribution >= 0.6 is 23.4 Å². The van der Waals surface area contributed by atoms with Gasteiger partial charge in [-0.25, -0.2) is 4.39 Å². The number of hydrogen-bond donors (Lipinski definition) is 1. The number of hydrogen-bond acceptors (Lipinski definition) is 3. The fourth-order valence-electron chi connectivity index (χ4n) is 2.53. The van der Waals surface area contributed by atoms with Crippen molar-refractivity contribution in [3.63, 3.8) is 0 Å². The molecule has 0 aliphatic rings. The molecule has 0 aliphatic carbocycles. The van der Waals surface area contributed by atoms with Crippen molar-refractivity contribution < 1.29 is 14.0 Å². The summed E-state index contributed by atoms with van der Waals surface area (Å²) in [6, 6.07) is 12.9. The van der Waals surface area contributed by atoms with E-state index in [2.05, 4.69) is 5.32 Å². The number of nitrogens with one attached hydrogen (secondary N) is 1. The van der Waals surface area contributed by atoms with Crippen molar-refractivity contribution in [2.45, 2.75) is 30.8 Å². The second-order valence-electron chi connectivity index (χ2n) is 5.96. The first-order chi connectivity index (χ1) is 12.9. The smallest absolute Gasteiger partial charge is 0.242 e. The van der Waals surface area contributed by atoms with Crippen molar-refractivity contribution in [3.8, 4) is 0 Å². The third-order valence-electron chi connectivity index (χ3n) is 4.11. The highest BCUT2D eigenvalue weighted by Gasteiger charge is 2.25. The van der Waals surface area contributed by atoms with Gasteiger partial charge in [-0.2, -0.15) is 0 Å². The molecule has 144 valence electrons. The van der Waals surface area contributed by atoms with Crippen molar-refractivity contribution in [2.24, 2.45) is 0 Å². The zero-order chi connectivity index (χ0) is 19.8. The molecule has 4 nitrogen and oxygen atoms in total. The first kappa shape index (κ1) is 21.3. The normalized spacial score (nSPS) is 11.7. The predicted molar refractivity (Wildman–Crippen MR) is 107 cm³/mol. The minimum Gasteiger partial charge on any atom is -0.357 e. The molecule has 2 aromatic rings. The zero-order valence-electron chi connectivity index (χ0n) is 15.2. The number of rotatable bonds is 8. The van der Waals surface area contributed by atoms with E-state index in [1.54, 1.807) is 37.3 Å². The molecule has 27 heavy (non-hydrogen) atoms.